The molecule has 1 unspecified atom stereocenters. The largest absolute Gasteiger partial charge is 0.349 e. The molecule has 0 radical (unpaired) electrons. The second-order valence-corrected chi connectivity index (χ2v) is 6.16. The lowest BCUT2D eigenvalue weighted by atomic mass is 10.1. The van der Waals surface area contributed by atoms with Crippen LogP contribution in [0.5, 0.6) is 0 Å². The predicted molar refractivity (Wildman–Crippen MR) is 97.1 cm³/mol. The zero-order valence-corrected chi connectivity index (χ0v) is 14.2. The van der Waals surface area contributed by atoms with Gasteiger partial charge >= 0.3 is 0 Å². The van der Waals surface area contributed by atoms with Gasteiger partial charge in [0.15, 0.2) is 0 Å². The molecule has 24 heavy (non-hydrogen) atoms. The van der Waals surface area contributed by atoms with E-state index in [1.807, 2.05) is 59.3 Å². The van der Waals surface area contributed by atoms with E-state index in [2.05, 4.69) is 24.1 Å². The molecule has 1 N–H and O–H groups in total. The molecule has 0 saturated carbocycles. The van der Waals surface area contributed by atoms with E-state index in [0.717, 1.165) is 30.5 Å². The van der Waals surface area contributed by atoms with Crippen LogP contribution >= 0.6 is 0 Å². The summed E-state index contributed by atoms with van der Waals surface area (Å²) in [5.74, 6) is -0.0607. The lowest BCUT2D eigenvalue weighted by molar-refractivity contribution is 0.0939. The van der Waals surface area contributed by atoms with Gasteiger partial charge in [-0.05, 0) is 25.5 Å². The van der Waals surface area contributed by atoms with E-state index in [0.29, 0.717) is 11.2 Å². The highest BCUT2D eigenvalue weighted by Gasteiger charge is 2.15. The first-order valence-corrected chi connectivity index (χ1v) is 8.53. The molecule has 124 valence electrons. The minimum absolute atomic E-state index is 0.0607. The maximum Gasteiger partial charge on any atom is 0.255 e. The number of aromatic nitrogens is 2. The number of carbonyl (C=O) groups is 1. The average Bonchev–Trinajstić information content (AvgIpc) is 3.04. The number of benzene rings is 1. The number of imidazole rings is 1. The molecule has 2 aromatic heterocycles. The molecule has 2 heterocycles. The summed E-state index contributed by atoms with van der Waals surface area (Å²) < 4.78 is 1.91. The Labute approximate surface area is 142 Å². The van der Waals surface area contributed by atoms with E-state index in [4.69, 9.17) is 0 Å². The summed E-state index contributed by atoms with van der Waals surface area (Å²) in [6, 6.07) is 13.9. The molecule has 4 nitrogen and oxygen atoms in total. The highest BCUT2D eigenvalue weighted by molar-refractivity contribution is 6.00. The highest BCUT2D eigenvalue weighted by atomic mass is 16.1. The van der Waals surface area contributed by atoms with Crippen molar-refractivity contribution in [1.29, 1.82) is 0 Å². The molecule has 0 aliphatic heterocycles. The van der Waals surface area contributed by atoms with Crippen LogP contribution in [0.1, 0.15) is 43.5 Å². The van der Waals surface area contributed by atoms with Crippen molar-refractivity contribution in [3.05, 3.63) is 60.4 Å². The molecule has 0 spiro atoms. The maximum absolute atomic E-state index is 12.6. The summed E-state index contributed by atoms with van der Waals surface area (Å²) in [5.41, 5.74) is 3.22. The monoisotopic (exact) mass is 321 g/mol. The minimum Gasteiger partial charge on any atom is -0.349 e. The molecular weight excluding hydrogens is 298 g/mol. The molecule has 1 amide bonds. The number of hydrogen-bond donors (Lipinski definition) is 1. The summed E-state index contributed by atoms with van der Waals surface area (Å²) in [7, 11) is 0. The van der Waals surface area contributed by atoms with Crippen LogP contribution in [0, 0.1) is 0 Å². The normalized spacial score (nSPS) is 12.2. The lowest BCUT2D eigenvalue weighted by Gasteiger charge is -2.13. The van der Waals surface area contributed by atoms with Gasteiger partial charge in [-0.1, -0.05) is 50.1 Å². The molecule has 1 aromatic carbocycles. The number of unbranched alkanes of at least 4 members (excludes halogenated alkanes) is 1. The summed E-state index contributed by atoms with van der Waals surface area (Å²) in [6.07, 6.45) is 7.13. The van der Waals surface area contributed by atoms with E-state index < -0.39 is 0 Å². The van der Waals surface area contributed by atoms with E-state index in [-0.39, 0.29) is 11.9 Å². The van der Waals surface area contributed by atoms with Gasteiger partial charge < -0.3 is 9.72 Å². The number of carbonyl (C=O) groups excluding carboxylic acids is 1. The van der Waals surface area contributed by atoms with Crippen LogP contribution in [-0.4, -0.2) is 21.3 Å². The van der Waals surface area contributed by atoms with Crippen LogP contribution in [0.15, 0.2) is 54.9 Å². The molecule has 0 aliphatic rings. The fourth-order valence-electron chi connectivity index (χ4n) is 2.82. The van der Waals surface area contributed by atoms with E-state index in [1.54, 1.807) is 0 Å². The van der Waals surface area contributed by atoms with Gasteiger partial charge in [0, 0.05) is 24.0 Å². The molecular formula is C20H23N3O. The van der Waals surface area contributed by atoms with Gasteiger partial charge in [0.1, 0.15) is 5.65 Å². The lowest BCUT2D eigenvalue weighted by Crippen LogP contribution is -2.32. The Bertz CT molecular complexity index is 823. The summed E-state index contributed by atoms with van der Waals surface area (Å²) in [6.45, 7) is 4.21. The number of rotatable bonds is 6. The Kier molecular flexibility index (Phi) is 4.94. The number of nitrogens with zero attached hydrogens (tertiary/aromatic N) is 2. The van der Waals surface area contributed by atoms with Crippen molar-refractivity contribution in [2.45, 2.75) is 39.2 Å². The minimum atomic E-state index is -0.0607. The smallest absolute Gasteiger partial charge is 0.255 e. The SMILES string of the molecule is CCCCC(C)NC(=O)c1cccn2cc(-c3ccccc3)nc12. The second kappa shape index (κ2) is 7.30. The number of nitrogens with one attached hydrogen (secondary N) is 1. The van der Waals surface area contributed by atoms with Crippen LogP contribution in [0.4, 0.5) is 0 Å². The fraction of sp³-hybridized carbons (Fsp3) is 0.300. The number of hydrogen-bond acceptors (Lipinski definition) is 2. The zero-order chi connectivity index (χ0) is 16.9. The quantitative estimate of drug-likeness (QED) is 0.735. The molecule has 3 aromatic rings. The van der Waals surface area contributed by atoms with Crippen LogP contribution in [0.2, 0.25) is 0 Å². The van der Waals surface area contributed by atoms with E-state index in [9.17, 15) is 4.79 Å². The van der Waals surface area contributed by atoms with Gasteiger partial charge in [-0.25, -0.2) is 4.98 Å². The van der Waals surface area contributed by atoms with Gasteiger partial charge in [-0.3, -0.25) is 4.79 Å². The van der Waals surface area contributed by atoms with Gasteiger partial charge in [0.2, 0.25) is 0 Å². The van der Waals surface area contributed by atoms with Crippen molar-refractivity contribution in [2.75, 3.05) is 0 Å². The van der Waals surface area contributed by atoms with Crippen LogP contribution < -0.4 is 5.32 Å². The van der Waals surface area contributed by atoms with Crippen molar-refractivity contribution in [3.63, 3.8) is 0 Å². The van der Waals surface area contributed by atoms with Crippen molar-refractivity contribution < 1.29 is 4.79 Å². The van der Waals surface area contributed by atoms with Gasteiger partial charge in [0.25, 0.3) is 5.91 Å². The predicted octanol–water partition coefficient (Wildman–Crippen LogP) is 4.31. The molecule has 0 fully saturated rings. The molecule has 3 rings (SSSR count). The van der Waals surface area contributed by atoms with Gasteiger partial charge in [-0.15, -0.1) is 0 Å². The Morgan fingerprint density at radius 2 is 2.00 bits per heavy atom. The molecule has 0 aliphatic carbocycles. The molecule has 1 atom stereocenters. The molecule has 0 saturated heterocycles. The molecule has 4 heteroatoms. The van der Waals surface area contributed by atoms with Crippen molar-refractivity contribution >= 4 is 11.6 Å². The first kappa shape index (κ1) is 16.2. The van der Waals surface area contributed by atoms with Crippen LogP contribution in [0.25, 0.3) is 16.9 Å². The van der Waals surface area contributed by atoms with E-state index >= 15 is 0 Å². The van der Waals surface area contributed by atoms with E-state index in [1.165, 1.54) is 0 Å². The third-order valence-electron chi connectivity index (χ3n) is 4.17. The zero-order valence-electron chi connectivity index (χ0n) is 14.2. The van der Waals surface area contributed by atoms with Crippen molar-refractivity contribution in [1.82, 2.24) is 14.7 Å². The Balaban J connectivity index is 1.89. The number of fused-ring (bicyclic) bond motifs is 1. The van der Waals surface area contributed by atoms with Crippen molar-refractivity contribution in [3.8, 4) is 11.3 Å². The summed E-state index contributed by atoms with van der Waals surface area (Å²) in [5, 5.41) is 3.08. The average molecular weight is 321 g/mol. The first-order chi connectivity index (χ1) is 11.7. The Hall–Kier alpha value is -2.62. The second-order valence-electron chi connectivity index (χ2n) is 6.16. The topological polar surface area (TPSA) is 46.4 Å². The standard InChI is InChI=1S/C20H23N3O/c1-3-4-9-15(2)21-20(24)17-12-8-13-23-14-18(22-19(17)23)16-10-6-5-7-11-16/h5-8,10-15H,3-4,9H2,1-2H3,(H,21,24). The number of pyridine rings is 1. The Morgan fingerprint density at radius 1 is 1.21 bits per heavy atom. The van der Waals surface area contributed by atoms with Crippen molar-refractivity contribution in [2.24, 2.45) is 0 Å². The Morgan fingerprint density at radius 3 is 2.75 bits per heavy atom. The molecule has 0 bridgehead atoms. The maximum atomic E-state index is 12.6. The van der Waals surface area contributed by atoms with Gasteiger partial charge in [0.05, 0.1) is 11.3 Å². The van der Waals surface area contributed by atoms with Crippen LogP contribution in [-0.2, 0) is 0 Å². The van der Waals surface area contributed by atoms with Gasteiger partial charge in [-0.2, -0.15) is 0 Å². The summed E-state index contributed by atoms with van der Waals surface area (Å²) in [4.78, 5) is 17.3. The highest BCUT2D eigenvalue weighted by Crippen LogP contribution is 2.20. The fourth-order valence-corrected chi connectivity index (χ4v) is 2.82. The third kappa shape index (κ3) is 3.48. The first-order valence-electron chi connectivity index (χ1n) is 8.53. The summed E-state index contributed by atoms with van der Waals surface area (Å²) >= 11 is 0. The third-order valence-corrected chi connectivity index (χ3v) is 4.17. The number of amides is 1. The van der Waals surface area contributed by atoms with Crippen LogP contribution in [0.3, 0.4) is 0 Å².